The van der Waals surface area contributed by atoms with Gasteiger partial charge in [0.2, 0.25) is 5.91 Å². The molecule has 1 aromatic carbocycles. The third-order valence-corrected chi connectivity index (χ3v) is 6.32. The van der Waals surface area contributed by atoms with Crippen molar-refractivity contribution in [3.8, 4) is 0 Å². The molecule has 0 bridgehead atoms. The van der Waals surface area contributed by atoms with Gasteiger partial charge in [-0.25, -0.2) is 4.98 Å². The number of halogens is 3. The van der Waals surface area contributed by atoms with E-state index in [0.29, 0.717) is 45.7 Å². The van der Waals surface area contributed by atoms with Crippen LogP contribution in [-0.2, 0) is 15.7 Å². The van der Waals surface area contributed by atoms with Crippen LogP contribution in [0.2, 0.25) is 0 Å². The average molecular weight is 464 g/mol. The van der Waals surface area contributed by atoms with Gasteiger partial charge in [-0.3, -0.25) is 14.7 Å². The van der Waals surface area contributed by atoms with Gasteiger partial charge in [-0.05, 0) is 30.5 Å². The van der Waals surface area contributed by atoms with E-state index in [0.717, 1.165) is 36.6 Å². The van der Waals surface area contributed by atoms with Crippen molar-refractivity contribution in [2.24, 2.45) is 5.92 Å². The summed E-state index contributed by atoms with van der Waals surface area (Å²) in [6, 6.07) is 5.02. The van der Waals surface area contributed by atoms with E-state index in [1.165, 1.54) is 12.1 Å². The Hall–Kier alpha value is -2.72. The highest BCUT2D eigenvalue weighted by molar-refractivity contribution is 5.79. The van der Waals surface area contributed by atoms with E-state index in [9.17, 15) is 18.0 Å². The maximum absolute atomic E-state index is 13.0. The summed E-state index contributed by atoms with van der Waals surface area (Å²) >= 11 is 0. The molecule has 2 saturated heterocycles. The van der Waals surface area contributed by atoms with Gasteiger partial charge in [0.25, 0.3) is 0 Å². The fourth-order valence-electron chi connectivity index (χ4n) is 4.41. The monoisotopic (exact) mass is 463 g/mol. The van der Waals surface area contributed by atoms with Crippen LogP contribution in [0, 0.1) is 5.92 Å². The van der Waals surface area contributed by atoms with Gasteiger partial charge in [0.1, 0.15) is 5.82 Å². The molecule has 2 aliphatic rings. The zero-order valence-electron chi connectivity index (χ0n) is 18.3. The summed E-state index contributed by atoms with van der Waals surface area (Å²) in [5.74, 6) is 0.695. The first-order valence-corrected chi connectivity index (χ1v) is 11.2. The Morgan fingerprint density at radius 2 is 1.79 bits per heavy atom. The Morgan fingerprint density at radius 1 is 1.09 bits per heavy atom. The van der Waals surface area contributed by atoms with Crippen LogP contribution in [0.25, 0.3) is 0 Å². The summed E-state index contributed by atoms with van der Waals surface area (Å²) in [5, 5.41) is 3.06. The van der Waals surface area contributed by atoms with E-state index >= 15 is 0 Å². The second kappa shape index (κ2) is 10.5. The summed E-state index contributed by atoms with van der Waals surface area (Å²) in [7, 11) is 0. The second-order valence-corrected chi connectivity index (χ2v) is 8.35. The summed E-state index contributed by atoms with van der Waals surface area (Å²) in [6.07, 6.45) is 2.06. The molecule has 0 radical (unpaired) electrons. The highest BCUT2D eigenvalue weighted by Gasteiger charge is 2.31. The minimum atomic E-state index is -4.37. The molecule has 3 heterocycles. The molecule has 2 aromatic rings. The lowest BCUT2D eigenvalue weighted by Crippen LogP contribution is -2.46. The second-order valence-electron chi connectivity index (χ2n) is 8.35. The van der Waals surface area contributed by atoms with E-state index in [1.807, 2.05) is 0 Å². The van der Waals surface area contributed by atoms with Crippen molar-refractivity contribution in [3.63, 3.8) is 0 Å². The first kappa shape index (κ1) is 23.4. The number of benzene rings is 1. The molecular formula is C23H28F3N5O2. The zero-order valence-corrected chi connectivity index (χ0v) is 18.3. The third-order valence-electron chi connectivity index (χ3n) is 6.32. The van der Waals surface area contributed by atoms with Crippen molar-refractivity contribution in [3.05, 3.63) is 54.0 Å². The van der Waals surface area contributed by atoms with Crippen LogP contribution >= 0.6 is 0 Å². The quantitative estimate of drug-likeness (QED) is 0.711. The van der Waals surface area contributed by atoms with Gasteiger partial charge in [0, 0.05) is 51.0 Å². The van der Waals surface area contributed by atoms with Crippen molar-refractivity contribution < 1.29 is 22.7 Å². The van der Waals surface area contributed by atoms with Crippen LogP contribution in [0.15, 0.2) is 42.9 Å². The number of ether oxygens (including phenoxy) is 1. The molecular weight excluding hydrogens is 435 g/mol. The lowest BCUT2D eigenvalue weighted by Gasteiger charge is -2.36. The molecule has 0 saturated carbocycles. The normalized spacial score (nSPS) is 19.3. The van der Waals surface area contributed by atoms with Crippen LogP contribution in [0.1, 0.15) is 30.0 Å². The Kier molecular flexibility index (Phi) is 7.44. The standard InChI is InChI=1S/C23H28F3N5O2/c24-23(25,26)19-3-1-17(2-4-19)20(30-11-13-33-14-12-30)15-29-22(32)18-5-9-31(10-6-18)21-16-27-7-8-28-21/h1-4,7-8,16,18,20H,5-6,9-15H2,(H,29,32). The molecule has 33 heavy (non-hydrogen) atoms. The molecule has 7 nitrogen and oxygen atoms in total. The van der Waals surface area contributed by atoms with Gasteiger partial charge < -0.3 is 15.0 Å². The number of nitrogens with zero attached hydrogens (tertiary/aromatic N) is 4. The Bertz CT molecular complexity index is 897. The van der Waals surface area contributed by atoms with Crippen molar-refractivity contribution in [1.82, 2.24) is 20.2 Å². The number of hydrogen-bond acceptors (Lipinski definition) is 6. The summed E-state index contributed by atoms with van der Waals surface area (Å²) in [4.78, 5) is 25.6. The molecule has 4 rings (SSSR count). The van der Waals surface area contributed by atoms with Crippen LogP contribution < -0.4 is 10.2 Å². The Labute approximate surface area is 191 Å². The molecule has 1 unspecified atom stereocenters. The van der Waals surface area contributed by atoms with Gasteiger partial charge >= 0.3 is 6.18 Å². The highest BCUT2D eigenvalue weighted by Crippen LogP contribution is 2.31. The third kappa shape index (κ3) is 6.00. The first-order valence-electron chi connectivity index (χ1n) is 11.2. The number of rotatable bonds is 6. The molecule has 2 aliphatic heterocycles. The number of aromatic nitrogens is 2. The number of morpholine rings is 1. The largest absolute Gasteiger partial charge is 0.416 e. The first-order chi connectivity index (χ1) is 15.9. The zero-order chi connectivity index (χ0) is 23.3. The summed E-state index contributed by atoms with van der Waals surface area (Å²) < 4.78 is 44.4. The summed E-state index contributed by atoms with van der Waals surface area (Å²) in [5.41, 5.74) is 0.0774. The average Bonchev–Trinajstić information content (AvgIpc) is 2.85. The molecule has 1 N–H and O–H groups in total. The van der Waals surface area contributed by atoms with Gasteiger partial charge in [-0.2, -0.15) is 13.2 Å². The predicted molar refractivity (Wildman–Crippen MR) is 117 cm³/mol. The molecule has 0 spiro atoms. The molecule has 1 aromatic heterocycles. The number of piperidine rings is 1. The van der Waals surface area contributed by atoms with Crippen molar-refractivity contribution in [2.45, 2.75) is 25.1 Å². The Morgan fingerprint density at radius 3 is 2.39 bits per heavy atom. The van der Waals surface area contributed by atoms with Crippen molar-refractivity contribution in [2.75, 3.05) is 50.8 Å². The maximum atomic E-state index is 13.0. The number of carbonyl (C=O) groups excluding carboxylic acids is 1. The SMILES string of the molecule is O=C(NCC(c1ccc(C(F)(F)F)cc1)N1CCOCC1)C1CCN(c2cnccn2)CC1. The van der Waals surface area contributed by atoms with E-state index in [2.05, 4.69) is 25.1 Å². The minimum absolute atomic E-state index is 0.0148. The van der Waals surface area contributed by atoms with Gasteiger partial charge in [0.15, 0.2) is 0 Å². The lowest BCUT2D eigenvalue weighted by atomic mass is 9.95. The number of amides is 1. The van der Waals surface area contributed by atoms with E-state index in [4.69, 9.17) is 4.74 Å². The molecule has 10 heteroatoms. The predicted octanol–water partition coefficient (Wildman–Crippen LogP) is 2.90. The number of nitrogens with one attached hydrogen (secondary N) is 1. The summed E-state index contributed by atoms with van der Waals surface area (Å²) in [6.45, 7) is 4.24. The lowest BCUT2D eigenvalue weighted by molar-refractivity contribution is -0.137. The van der Waals surface area contributed by atoms with Gasteiger partial charge in [-0.1, -0.05) is 12.1 Å². The van der Waals surface area contributed by atoms with Crippen LogP contribution in [-0.4, -0.2) is 66.7 Å². The Balaban J connectivity index is 1.37. The molecule has 2 fully saturated rings. The van der Waals surface area contributed by atoms with Crippen LogP contribution in [0.3, 0.4) is 0 Å². The maximum Gasteiger partial charge on any atom is 0.416 e. The topological polar surface area (TPSA) is 70.6 Å². The number of hydrogen-bond donors (Lipinski definition) is 1. The van der Waals surface area contributed by atoms with Crippen LogP contribution in [0.4, 0.5) is 19.0 Å². The van der Waals surface area contributed by atoms with Gasteiger partial charge in [0.05, 0.1) is 31.0 Å². The fourth-order valence-corrected chi connectivity index (χ4v) is 4.41. The molecule has 0 aliphatic carbocycles. The minimum Gasteiger partial charge on any atom is -0.379 e. The molecule has 1 atom stereocenters. The van der Waals surface area contributed by atoms with Crippen molar-refractivity contribution in [1.29, 1.82) is 0 Å². The highest BCUT2D eigenvalue weighted by atomic mass is 19.4. The number of alkyl halides is 3. The van der Waals surface area contributed by atoms with E-state index < -0.39 is 11.7 Å². The number of anilines is 1. The van der Waals surface area contributed by atoms with E-state index in [1.54, 1.807) is 18.6 Å². The number of carbonyl (C=O) groups is 1. The fraction of sp³-hybridized carbons (Fsp3) is 0.522. The van der Waals surface area contributed by atoms with Crippen molar-refractivity contribution >= 4 is 11.7 Å². The smallest absolute Gasteiger partial charge is 0.379 e. The molecule has 178 valence electrons. The van der Waals surface area contributed by atoms with Crippen LogP contribution in [0.5, 0.6) is 0 Å². The molecule has 1 amide bonds. The van der Waals surface area contributed by atoms with E-state index in [-0.39, 0.29) is 17.9 Å². The van der Waals surface area contributed by atoms with Gasteiger partial charge in [-0.15, -0.1) is 0 Å².